The Hall–Kier alpha value is -2.07. The first-order valence-corrected chi connectivity index (χ1v) is 6.05. The standard InChI is InChI=1S/C12H14N2O7/c15-5-1-3-12(20)7(6-16)21-10(9(12)18)14-4-2-8(17)13-11(14)19/h1-5,7,9-10,16,18,20H,6H2,(H,13,17,19)/b3-1+/t7-,9+,10-,12-/m1/s1. The number of ether oxygens (including phenoxy) is 1. The summed E-state index contributed by atoms with van der Waals surface area (Å²) in [7, 11) is 0. The number of carbonyl (C=O) groups excluding carboxylic acids is 1. The summed E-state index contributed by atoms with van der Waals surface area (Å²) in [5.41, 5.74) is -3.51. The molecule has 9 nitrogen and oxygen atoms in total. The predicted octanol–water partition coefficient (Wildman–Crippen LogP) is -2.73. The molecule has 1 aromatic heterocycles. The van der Waals surface area contributed by atoms with Crippen LogP contribution in [-0.4, -0.2) is 55.6 Å². The molecule has 1 aliphatic heterocycles. The Balaban J connectivity index is 2.44. The molecule has 21 heavy (non-hydrogen) atoms. The Labute approximate surface area is 117 Å². The van der Waals surface area contributed by atoms with Gasteiger partial charge in [0.1, 0.15) is 24.1 Å². The molecule has 0 aromatic carbocycles. The van der Waals surface area contributed by atoms with E-state index in [1.165, 1.54) is 0 Å². The minimum atomic E-state index is -2.05. The molecular formula is C12H14N2O7. The number of carbonyl (C=O) groups is 1. The van der Waals surface area contributed by atoms with Gasteiger partial charge >= 0.3 is 5.69 Å². The van der Waals surface area contributed by atoms with Crippen LogP contribution in [0.15, 0.2) is 34.0 Å². The van der Waals surface area contributed by atoms with Crippen LogP contribution in [-0.2, 0) is 9.53 Å². The summed E-state index contributed by atoms with van der Waals surface area (Å²) < 4.78 is 6.14. The molecule has 2 heterocycles. The van der Waals surface area contributed by atoms with E-state index in [0.717, 1.165) is 29.0 Å². The van der Waals surface area contributed by atoms with Crippen LogP contribution in [0.1, 0.15) is 6.23 Å². The first-order valence-electron chi connectivity index (χ1n) is 6.05. The molecule has 1 fully saturated rings. The van der Waals surface area contributed by atoms with Gasteiger partial charge in [-0.3, -0.25) is 19.1 Å². The number of aromatic amines is 1. The van der Waals surface area contributed by atoms with Crippen LogP contribution in [0.25, 0.3) is 0 Å². The number of aliphatic hydroxyl groups excluding tert-OH is 2. The lowest BCUT2D eigenvalue weighted by molar-refractivity contribution is -0.104. The Bertz CT molecular complexity index is 664. The van der Waals surface area contributed by atoms with Gasteiger partial charge in [0.25, 0.3) is 5.56 Å². The minimum Gasteiger partial charge on any atom is -0.394 e. The van der Waals surface area contributed by atoms with Crippen molar-refractivity contribution in [1.82, 2.24) is 9.55 Å². The zero-order valence-electron chi connectivity index (χ0n) is 10.7. The van der Waals surface area contributed by atoms with Gasteiger partial charge in [0, 0.05) is 12.3 Å². The third-order valence-electron chi connectivity index (χ3n) is 3.30. The molecule has 0 amide bonds. The van der Waals surface area contributed by atoms with Crippen molar-refractivity contribution in [3.05, 3.63) is 45.3 Å². The number of nitrogens with one attached hydrogen (secondary N) is 1. The van der Waals surface area contributed by atoms with Crippen LogP contribution >= 0.6 is 0 Å². The molecule has 2 rings (SSSR count). The van der Waals surface area contributed by atoms with E-state index in [1.807, 2.05) is 4.98 Å². The number of allylic oxidation sites excluding steroid dienone is 1. The molecule has 0 aliphatic carbocycles. The molecule has 9 heteroatoms. The minimum absolute atomic E-state index is 0.388. The third kappa shape index (κ3) is 2.59. The van der Waals surface area contributed by atoms with Crippen LogP contribution < -0.4 is 11.2 Å². The molecule has 114 valence electrons. The lowest BCUT2D eigenvalue weighted by Crippen LogP contribution is -2.48. The fraction of sp³-hybridized carbons (Fsp3) is 0.417. The molecule has 0 radical (unpaired) electrons. The first-order chi connectivity index (χ1) is 9.93. The number of hydrogen-bond donors (Lipinski definition) is 4. The number of H-pyrrole nitrogens is 1. The van der Waals surface area contributed by atoms with Gasteiger partial charge < -0.3 is 20.1 Å². The normalized spacial score (nSPS) is 32.6. The summed E-state index contributed by atoms with van der Waals surface area (Å²) in [6, 6.07) is 1.05. The Morgan fingerprint density at radius 3 is 2.76 bits per heavy atom. The Morgan fingerprint density at radius 1 is 1.48 bits per heavy atom. The lowest BCUT2D eigenvalue weighted by Gasteiger charge is -2.26. The van der Waals surface area contributed by atoms with Crippen molar-refractivity contribution in [1.29, 1.82) is 0 Å². The second-order valence-electron chi connectivity index (χ2n) is 4.54. The predicted molar refractivity (Wildman–Crippen MR) is 68.5 cm³/mol. The Morgan fingerprint density at radius 2 is 2.19 bits per heavy atom. The molecular weight excluding hydrogens is 284 g/mol. The largest absolute Gasteiger partial charge is 0.394 e. The van der Waals surface area contributed by atoms with E-state index in [2.05, 4.69) is 0 Å². The highest BCUT2D eigenvalue weighted by atomic mass is 16.6. The maximum Gasteiger partial charge on any atom is 0.330 e. The summed E-state index contributed by atoms with van der Waals surface area (Å²) in [5, 5.41) is 29.8. The number of hydrogen-bond acceptors (Lipinski definition) is 7. The molecule has 0 bridgehead atoms. The first kappa shape index (κ1) is 15.3. The van der Waals surface area contributed by atoms with Crippen molar-refractivity contribution in [3.63, 3.8) is 0 Å². The molecule has 1 aromatic rings. The molecule has 0 saturated carbocycles. The molecule has 1 saturated heterocycles. The van der Waals surface area contributed by atoms with Crippen molar-refractivity contribution in [2.24, 2.45) is 0 Å². The van der Waals surface area contributed by atoms with Gasteiger partial charge in [-0.15, -0.1) is 0 Å². The third-order valence-corrected chi connectivity index (χ3v) is 3.30. The van der Waals surface area contributed by atoms with E-state index < -0.39 is 41.9 Å². The number of aromatic nitrogens is 2. The van der Waals surface area contributed by atoms with Gasteiger partial charge in [-0.05, 0) is 12.2 Å². The van der Waals surface area contributed by atoms with E-state index in [9.17, 15) is 29.7 Å². The number of aldehydes is 1. The van der Waals surface area contributed by atoms with Crippen molar-refractivity contribution in [2.75, 3.05) is 6.61 Å². The van der Waals surface area contributed by atoms with Crippen molar-refractivity contribution in [3.8, 4) is 0 Å². The van der Waals surface area contributed by atoms with E-state index in [0.29, 0.717) is 6.29 Å². The molecule has 0 spiro atoms. The van der Waals surface area contributed by atoms with E-state index in [1.54, 1.807) is 0 Å². The van der Waals surface area contributed by atoms with Crippen LogP contribution in [0, 0.1) is 0 Å². The highest BCUT2D eigenvalue weighted by molar-refractivity contribution is 5.65. The second-order valence-corrected chi connectivity index (χ2v) is 4.54. The fourth-order valence-corrected chi connectivity index (χ4v) is 2.20. The van der Waals surface area contributed by atoms with Crippen LogP contribution in [0.3, 0.4) is 0 Å². The average Bonchev–Trinajstić information content (AvgIpc) is 2.70. The highest BCUT2D eigenvalue weighted by Crippen LogP contribution is 2.37. The van der Waals surface area contributed by atoms with Gasteiger partial charge in [-0.25, -0.2) is 4.79 Å². The average molecular weight is 298 g/mol. The summed E-state index contributed by atoms with van der Waals surface area (Å²) in [6.07, 6.45) is -0.776. The lowest BCUT2D eigenvalue weighted by atomic mass is 9.92. The zero-order valence-corrected chi connectivity index (χ0v) is 10.7. The molecule has 0 unspecified atom stereocenters. The maximum atomic E-state index is 11.7. The van der Waals surface area contributed by atoms with Crippen LogP contribution in [0.2, 0.25) is 0 Å². The zero-order chi connectivity index (χ0) is 15.6. The number of nitrogens with zero attached hydrogens (tertiary/aromatic N) is 1. The van der Waals surface area contributed by atoms with E-state index in [-0.39, 0.29) is 0 Å². The summed E-state index contributed by atoms with van der Waals surface area (Å²) in [6.45, 7) is -0.647. The second kappa shape index (κ2) is 5.74. The quantitative estimate of drug-likeness (QED) is 0.349. The molecule has 4 N–H and O–H groups in total. The van der Waals surface area contributed by atoms with Crippen LogP contribution in [0.5, 0.6) is 0 Å². The maximum absolute atomic E-state index is 11.7. The Kier molecular flexibility index (Phi) is 4.19. The van der Waals surface area contributed by atoms with E-state index >= 15 is 0 Å². The van der Waals surface area contributed by atoms with Gasteiger partial charge in [0.15, 0.2) is 6.23 Å². The highest BCUT2D eigenvalue weighted by Gasteiger charge is 2.54. The molecule has 4 atom stereocenters. The molecule has 1 aliphatic rings. The number of aliphatic hydroxyl groups is 3. The number of rotatable bonds is 4. The van der Waals surface area contributed by atoms with E-state index in [4.69, 9.17) is 4.74 Å². The summed E-state index contributed by atoms with van der Waals surface area (Å²) >= 11 is 0. The summed E-state index contributed by atoms with van der Waals surface area (Å²) in [4.78, 5) is 35.1. The van der Waals surface area contributed by atoms with Gasteiger partial charge in [-0.2, -0.15) is 0 Å². The topological polar surface area (TPSA) is 142 Å². The van der Waals surface area contributed by atoms with Crippen molar-refractivity contribution >= 4 is 6.29 Å². The van der Waals surface area contributed by atoms with Crippen molar-refractivity contribution in [2.45, 2.75) is 24.0 Å². The van der Waals surface area contributed by atoms with Gasteiger partial charge in [0.2, 0.25) is 0 Å². The van der Waals surface area contributed by atoms with Crippen molar-refractivity contribution < 1.29 is 24.9 Å². The van der Waals surface area contributed by atoms with Gasteiger partial charge in [0.05, 0.1) is 6.61 Å². The smallest absolute Gasteiger partial charge is 0.330 e. The fourth-order valence-electron chi connectivity index (χ4n) is 2.20. The SMILES string of the molecule is O=C/C=C/[C@@]1(O)[C@@H](CO)O[C@@H](n2ccc(=O)[nH]c2=O)[C@@H]1O. The monoisotopic (exact) mass is 298 g/mol. The van der Waals surface area contributed by atoms with Gasteiger partial charge in [-0.1, -0.05) is 0 Å². The summed E-state index contributed by atoms with van der Waals surface area (Å²) in [5.74, 6) is 0. The van der Waals surface area contributed by atoms with Crippen LogP contribution in [0.4, 0.5) is 0 Å².